The molecule has 0 radical (unpaired) electrons. The number of amides is 2. The first-order chi connectivity index (χ1) is 36.0. The van der Waals surface area contributed by atoms with Crippen LogP contribution in [0.4, 0.5) is 5.69 Å². The standard InChI is InChI=1S/C51H78N8O15/c1-5-12-59(73-39-44-8-11-56-58-44)50(62)42-33-41-7-6-40(34-45(41)57-46(52)35-42)43-36-53-47(54-37-43)38-55-48(60)9-13-63-15-17-65-19-21-67-23-25-69-27-29-71-31-32-72-30-28-70-26-24-68-22-20-66-18-16-64-14-10-49(61)74-51(2,3)4/h6-8,11,33-34,36-37H,5,9-10,12-32,35,38-39H2,1-4H3,(H2,52,57)(H,55,60)(H,56,58). The Labute approximate surface area is 434 Å². The lowest BCUT2D eigenvalue weighted by atomic mass is 10.0. The molecular formula is C51H78N8O15. The van der Waals surface area contributed by atoms with Gasteiger partial charge in [-0.05, 0) is 51.0 Å². The van der Waals surface area contributed by atoms with Crippen LogP contribution in [0.25, 0.3) is 17.2 Å². The van der Waals surface area contributed by atoms with E-state index in [-0.39, 0.29) is 56.8 Å². The molecule has 0 atom stereocenters. The summed E-state index contributed by atoms with van der Waals surface area (Å²) in [5.74, 6) is 0.0250. The molecule has 4 rings (SSSR count). The Morgan fingerprint density at radius 3 is 1.65 bits per heavy atom. The molecule has 74 heavy (non-hydrogen) atoms. The number of hydrogen-bond acceptors (Lipinski definition) is 20. The molecule has 1 aliphatic rings. The third kappa shape index (κ3) is 27.8. The van der Waals surface area contributed by atoms with Crippen molar-refractivity contribution in [1.29, 1.82) is 0 Å². The van der Waals surface area contributed by atoms with E-state index < -0.39 is 5.60 Å². The molecule has 0 unspecified atom stereocenters. The Hall–Kier alpha value is -5.31. The number of hydroxylamine groups is 2. The molecule has 0 aliphatic carbocycles. The summed E-state index contributed by atoms with van der Waals surface area (Å²) in [5.41, 5.74) is 9.95. The first-order valence-corrected chi connectivity index (χ1v) is 25.2. The Kier molecular flexibility index (Phi) is 31.0. The van der Waals surface area contributed by atoms with Crippen LogP contribution in [0.3, 0.4) is 0 Å². The van der Waals surface area contributed by atoms with Gasteiger partial charge in [-0.2, -0.15) is 5.10 Å². The second-order valence-corrected chi connectivity index (χ2v) is 17.4. The van der Waals surface area contributed by atoms with Gasteiger partial charge in [0.05, 0.1) is 156 Å². The van der Waals surface area contributed by atoms with E-state index in [0.717, 1.165) is 22.4 Å². The van der Waals surface area contributed by atoms with Crippen LogP contribution in [0.1, 0.15) is 70.5 Å². The highest BCUT2D eigenvalue weighted by atomic mass is 16.7. The van der Waals surface area contributed by atoms with Crippen LogP contribution in [-0.4, -0.2) is 193 Å². The fourth-order valence-corrected chi connectivity index (χ4v) is 6.46. The molecule has 2 aromatic heterocycles. The molecule has 0 fully saturated rings. The topological polar surface area (TPSA) is 270 Å². The first kappa shape index (κ1) is 61.2. The van der Waals surface area contributed by atoms with Crippen molar-refractivity contribution in [3.05, 3.63) is 65.5 Å². The molecule has 23 heteroatoms. The van der Waals surface area contributed by atoms with Crippen molar-refractivity contribution in [1.82, 2.24) is 30.5 Å². The van der Waals surface area contributed by atoms with Crippen LogP contribution < -0.4 is 11.1 Å². The summed E-state index contributed by atoms with van der Waals surface area (Å²) in [6.07, 6.45) is 8.08. The highest BCUT2D eigenvalue weighted by Crippen LogP contribution is 2.32. The number of carbonyl (C=O) groups excluding carboxylic acids is 3. The van der Waals surface area contributed by atoms with E-state index in [4.69, 9.17) is 62.7 Å². The Balaban J connectivity index is 0.893. The van der Waals surface area contributed by atoms with Crippen LogP contribution in [0.2, 0.25) is 0 Å². The number of hydrogen-bond donors (Lipinski definition) is 3. The van der Waals surface area contributed by atoms with Gasteiger partial charge < -0.3 is 63.2 Å². The zero-order chi connectivity index (χ0) is 52.9. The molecule has 2 amide bonds. The molecule has 412 valence electrons. The van der Waals surface area contributed by atoms with Crippen molar-refractivity contribution in [3.8, 4) is 11.1 Å². The second-order valence-electron chi connectivity index (χ2n) is 17.4. The molecule has 0 bridgehead atoms. The van der Waals surface area contributed by atoms with Gasteiger partial charge >= 0.3 is 5.97 Å². The number of nitrogens with zero attached hydrogens (tertiary/aromatic N) is 5. The molecule has 1 aliphatic heterocycles. The van der Waals surface area contributed by atoms with E-state index in [0.29, 0.717) is 161 Å². The normalized spacial score (nSPS) is 12.5. The van der Waals surface area contributed by atoms with Gasteiger partial charge in [0.1, 0.15) is 23.9 Å². The van der Waals surface area contributed by atoms with E-state index >= 15 is 0 Å². The van der Waals surface area contributed by atoms with Crippen molar-refractivity contribution in [2.24, 2.45) is 10.7 Å². The maximum Gasteiger partial charge on any atom is 0.308 e. The van der Waals surface area contributed by atoms with Crippen molar-refractivity contribution < 1.29 is 71.3 Å². The summed E-state index contributed by atoms with van der Waals surface area (Å²) in [6.45, 7) is 16.7. The number of aromatic amines is 1. The minimum absolute atomic E-state index is 0.168. The number of fused-ring (bicyclic) bond motifs is 1. The average Bonchev–Trinajstić information content (AvgIpc) is 3.84. The van der Waals surface area contributed by atoms with Crippen LogP contribution in [0, 0.1) is 0 Å². The molecule has 0 saturated carbocycles. The van der Waals surface area contributed by atoms with Crippen molar-refractivity contribution in [2.45, 2.75) is 72.1 Å². The SMILES string of the molecule is CCCN(OCc1ccn[nH]1)C(=O)C1=Cc2ccc(-c3cnc(CNC(=O)CCOCCOCCOCCOCCOCCOCCOCCOCCOCCOCCC(=O)OC(C)(C)C)nc3)cc2N=C(N)C1. The van der Waals surface area contributed by atoms with Crippen molar-refractivity contribution >= 4 is 35.4 Å². The highest BCUT2D eigenvalue weighted by Gasteiger charge is 2.23. The van der Waals surface area contributed by atoms with Crippen LogP contribution >= 0.6 is 0 Å². The Bertz CT molecular complexity index is 2070. The fourth-order valence-electron chi connectivity index (χ4n) is 6.46. The summed E-state index contributed by atoms with van der Waals surface area (Å²) >= 11 is 0. The number of amidine groups is 1. The van der Waals surface area contributed by atoms with E-state index in [1.165, 1.54) is 5.06 Å². The quantitative estimate of drug-likeness (QED) is 0.0412. The lowest BCUT2D eigenvalue weighted by molar-refractivity contribution is -0.187. The number of esters is 1. The fraction of sp³-hybridized carbons (Fsp3) is 0.627. The van der Waals surface area contributed by atoms with Crippen LogP contribution in [-0.2, 0) is 84.5 Å². The first-order valence-electron chi connectivity index (χ1n) is 25.2. The monoisotopic (exact) mass is 1040 g/mol. The largest absolute Gasteiger partial charge is 0.460 e. The van der Waals surface area contributed by atoms with Crippen LogP contribution in [0.5, 0.6) is 0 Å². The number of aromatic nitrogens is 4. The third-order valence-corrected chi connectivity index (χ3v) is 10.0. The van der Waals surface area contributed by atoms with Gasteiger partial charge in [0, 0.05) is 54.7 Å². The maximum atomic E-state index is 13.5. The summed E-state index contributed by atoms with van der Waals surface area (Å²) < 4.78 is 60.1. The molecule has 4 N–H and O–H groups in total. The average molecular weight is 1040 g/mol. The van der Waals surface area contributed by atoms with E-state index in [2.05, 4.69) is 30.5 Å². The van der Waals surface area contributed by atoms with Gasteiger partial charge in [0.2, 0.25) is 5.91 Å². The lowest BCUT2D eigenvalue weighted by Gasteiger charge is -2.22. The molecule has 3 heterocycles. The van der Waals surface area contributed by atoms with Crippen LogP contribution in [0.15, 0.2) is 53.4 Å². The zero-order valence-electron chi connectivity index (χ0n) is 43.6. The number of benzene rings is 1. The van der Waals surface area contributed by atoms with E-state index in [1.807, 2.05) is 45.9 Å². The van der Waals surface area contributed by atoms with Gasteiger partial charge in [-0.25, -0.2) is 20.0 Å². The molecule has 0 spiro atoms. The molecule has 0 saturated heterocycles. The van der Waals surface area contributed by atoms with Gasteiger partial charge in [-0.3, -0.25) is 24.3 Å². The van der Waals surface area contributed by atoms with Crippen molar-refractivity contribution in [2.75, 3.05) is 139 Å². The maximum absolute atomic E-state index is 13.5. The summed E-state index contributed by atoms with van der Waals surface area (Å²) in [7, 11) is 0. The molecule has 3 aromatic rings. The molecule has 23 nitrogen and oxygen atoms in total. The smallest absolute Gasteiger partial charge is 0.308 e. The molecule has 1 aromatic carbocycles. The minimum Gasteiger partial charge on any atom is -0.460 e. The second kappa shape index (κ2) is 37.4. The van der Waals surface area contributed by atoms with E-state index in [9.17, 15) is 14.4 Å². The number of nitrogens with two attached hydrogens (primary N) is 1. The minimum atomic E-state index is -0.488. The van der Waals surface area contributed by atoms with Gasteiger partial charge in [-0.1, -0.05) is 19.1 Å². The zero-order valence-corrected chi connectivity index (χ0v) is 43.6. The highest BCUT2D eigenvalue weighted by molar-refractivity contribution is 6.05. The predicted octanol–water partition coefficient (Wildman–Crippen LogP) is 3.92. The predicted molar refractivity (Wildman–Crippen MR) is 272 cm³/mol. The van der Waals surface area contributed by atoms with Gasteiger partial charge in [-0.15, -0.1) is 0 Å². The number of H-pyrrole nitrogens is 1. The summed E-state index contributed by atoms with van der Waals surface area (Å²) in [6, 6.07) is 7.45. The Morgan fingerprint density at radius 1 is 0.676 bits per heavy atom. The number of ether oxygens (including phenoxy) is 11. The number of carbonyl (C=O) groups is 3. The number of nitrogens with one attached hydrogen (secondary N) is 2. The summed E-state index contributed by atoms with van der Waals surface area (Å²) in [5, 5.41) is 10.9. The summed E-state index contributed by atoms with van der Waals surface area (Å²) in [4.78, 5) is 56.8. The van der Waals surface area contributed by atoms with Crippen molar-refractivity contribution in [3.63, 3.8) is 0 Å². The Morgan fingerprint density at radius 2 is 1.18 bits per heavy atom. The van der Waals surface area contributed by atoms with Gasteiger partial charge in [0.25, 0.3) is 5.91 Å². The molecular weight excluding hydrogens is 965 g/mol. The third-order valence-electron chi connectivity index (χ3n) is 10.0. The number of rotatable bonds is 42. The van der Waals surface area contributed by atoms with Gasteiger partial charge in [0.15, 0.2) is 0 Å². The lowest BCUT2D eigenvalue weighted by Crippen LogP contribution is -2.34. The number of aliphatic imine (C=N–C) groups is 1. The van der Waals surface area contributed by atoms with E-state index in [1.54, 1.807) is 30.7 Å².